The van der Waals surface area contributed by atoms with E-state index in [1.807, 2.05) is 0 Å². The number of fused-ring (bicyclic) bond motifs is 7. The van der Waals surface area contributed by atoms with Gasteiger partial charge in [0.2, 0.25) is 0 Å². The quantitative estimate of drug-likeness (QED) is 0.312. The van der Waals surface area contributed by atoms with Crippen LogP contribution < -0.4 is 0 Å². The van der Waals surface area contributed by atoms with Crippen molar-refractivity contribution in [2.45, 2.75) is 140 Å². The third kappa shape index (κ3) is 4.06. The monoisotopic (exact) mass is 580 g/mol. The Bertz CT molecular complexity index is 1000. The summed E-state index contributed by atoms with van der Waals surface area (Å²) in [6.07, 6.45) is 1.31. The maximum absolute atomic E-state index is 12.2. The van der Waals surface area contributed by atoms with E-state index >= 15 is 0 Å². The molecule has 7 aliphatic rings. The molecule has 7 rings (SSSR count). The second-order valence-electron chi connectivity index (χ2n) is 15.7. The van der Waals surface area contributed by atoms with E-state index in [4.69, 9.17) is 18.9 Å². The average Bonchev–Trinajstić information content (AvgIpc) is 3.37. The van der Waals surface area contributed by atoms with Crippen LogP contribution in [-0.4, -0.2) is 93.0 Å². The second kappa shape index (κ2) is 9.82. The summed E-state index contributed by atoms with van der Waals surface area (Å²) in [6, 6.07) is 0. The van der Waals surface area contributed by atoms with Crippen molar-refractivity contribution in [2.75, 3.05) is 13.2 Å². The third-order valence-electron chi connectivity index (χ3n) is 13.9. The molecular weight excluding hydrogens is 528 g/mol. The summed E-state index contributed by atoms with van der Waals surface area (Å²) in [4.78, 5) is 0. The first-order valence-electron chi connectivity index (χ1n) is 16.4. The highest BCUT2D eigenvalue weighted by Crippen LogP contribution is 2.72. The number of hydrogen-bond donors (Lipinski definition) is 5. The largest absolute Gasteiger partial charge is 0.392 e. The summed E-state index contributed by atoms with van der Waals surface area (Å²) in [5.74, 6) is 2.13. The first-order valence-corrected chi connectivity index (χ1v) is 16.4. The van der Waals surface area contributed by atoms with Gasteiger partial charge in [-0.2, -0.15) is 0 Å². The fraction of sp³-hybridized carbons (Fsp3) is 1.00. The van der Waals surface area contributed by atoms with Crippen molar-refractivity contribution in [2.24, 2.45) is 46.3 Å². The zero-order valence-electron chi connectivity index (χ0n) is 25.2. The molecule has 0 radical (unpaired) electrons. The Morgan fingerprint density at radius 2 is 1.63 bits per heavy atom. The van der Waals surface area contributed by atoms with Gasteiger partial charge in [-0.25, -0.2) is 0 Å². The highest BCUT2D eigenvalue weighted by atomic mass is 16.7. The van der Waals surface area contributed by atoms with Gasteiger partial charge in [-0.1, -0.05) is 27.7 Å². The lowest BCUT2D eigenvalue weighted by atomic mass is 9.42. The molecule has 9 nitrogen and oxygen atoms in total. The van der Waals surface area contributed by atoms with E-state index in [0.29, 0.717) is 48.9 Å². The number of ether oxygens (including phenoxy) is 4. The summed E-state index contributed by atoms with van der Waals surface area (Å²) in [7, 11) is 0. The maximum Gasteiger partial charge on any atom is 0.186 e. The molecule has 3 saturated heterocycles. The molecule has 9 heteroatoms. The van der Waals surface area contributed by atoms with Gasteiger partial charge in [-0.15, -0.1) is 0 Å². The molecule has 0 aromatic heterocycles. The Labute approximate surface area is 243 Å². The molecule has 4 aliphatic carbocycles. The molecule has 0 unspecified atom stereocenters. The van der Waals surface area contributed by atoms with E-state index in [0.717, 1.165) is 45.1 Å². The molecule has 3 aliphatic heterocycles. The molecule has 5 N–H and O–H groups in total. The van der Waals surface area contributed by atoms with Crippen molar-refractivity contribution in [1.82, 2.24) is 0 Å². The van der Waals surface area contributed by atoms with Crippen LogP contribution in [-0.2, 0) is 18.9 Å². The summed E-state index contributed by atoms with van der Waals surface area (Å²) in [6.45, 7) is 9.85. The van der Waals surface area contributed by atoms with Gasteiger partial charge in [0.25, 0.3) is 0 Å². The Morgan fingerprint density at radius 3 is 2.37 bits per heavy atom. The molecule has 0 aromatic carbocycles. The second-order valence-corrected chi connectivity index (χ2v) is 15.7. The molecule has 234 valence electrons. The fourth-order valence-corrected chi connectivity index (χ4v) is 11.5. The van der Waals surface area contributed by atoms with Gasteiger partial charge in [-0.3, -0.25) is 0 Å². The van der Waals surface area contributed by atoms with Crippen molar-refractivity contribution in [3.8, 4) is 0 Å². The van der Waals surface area contributed by atoms with Crippen LogP contribution in [0.3, 0.4) is 0 Å². The molecular formula is C32H52O9. The van der Waals surface area contributed by atoms with Gasteiger partial charge >= 0.3 is 0 Å². The van der Waals surface area contributed by atoms with E-state index in [9.17, 15) is 25.5 Å². The minimum Gasteiger partial charge on any atom is -0.392 e. The molecule has 17 atom stereocenters. The Kier molecular flexibility index (Phi) is 7.03. The van der Waals surface area contributed by atoms with Crippen LogP contribution in [0, 0.1) is 46.3 Å². The van der Waals surface area contributed by atoms with E-state index < -0.39 is 53.6 Å². The molecule has 0 bridgehead atoms. The highest BCUT2D eigenvalue weighted by Gasteiger charge is 2.72. The van der Waals surface area contributed by atoms with Gasteiger partial charge in [0.15, 0.2) is 12.1 Å². The summed E-state index contributed by atoms with van der Waals surface area (Å²) < 4.78 is 24.9. The third-order valence-corrected chi connectivity index (χ3v) is 13.9. The minimum atomic E-state index is -1.39. The van der Waals surface area contributed by atoms with Gasteiger partial charge in [-0.05, 0) is 73.5 Å². The smallest absolute Gasteiger partial charge is 0.186 e. The molecule has 4 saturated carbocycles. The zero-order chi connectivity index (χ0) is 29.1. The van der Waals surface area contributed by atoms with Crippen LogP contribution in [0.15, 0.2) is 0 Å². The van der Waals surface area contributed by atoms with E-state index in [-0.39, 0.29) is 24.0 Å². The number of hydrogen-bond acceptors (Lipinski definition) is 9. The number of aliphatic hydroxyl groups is 5. The average molecular weight is 581 g/mol. The maximum atomic E-state index is 12.2. The van der Waals surface area contributed by atoms with Crippen LogP contribution in [0.1, 0.15) is 85.5 Å². The van der Waals surface area contributed by atoms with Crippen molar-refractivity contribution >= 4 is 0 Å². The SMILES string of the molecule is C[C@@H]1CC[C@@]2(OC1)O[C@H]1C[C@@H]3[C@@H]4CC[C@]5(O)C[C@@H](O[C@@H]6OC[C@H](O)[C@H](O)[C@H]6O)C[C@@H](O)[C@@]5(C)[C@H]4CC[C@@]3(C)[C@H]1[C@@H]2C. The van der Waals surface area contributed by atoms with Crippen LogP contribution in [0.5, 0.6) is 0 Å². The van der Waals surface area contributed by atoms with E-state index in [1.165, 1.54) is 0 Å². The number of rotatable bonds is 2. The van der Waals surface area contributed by atoms with Gasteiger partial charge in [0.05, 0.1) is 37.1 Å². The summed E-state index contributed by atoms with van der Waals surface area (Å²) in [5, 5.41) is 54.3. The summed E-state index contributed by atoms with van der Waals surface area (Å²) in [5.41, 5.74) is -1.60. The topological polar surface area (TPSA) is 138 Å². The zero-order valence-corrected chi connectivity index (χ0v) is 25.2. The lowest BCUT2D eigenvalue weighted by molar-refractivity contribution is -0.312. The molecule has 3 heterocycles. The standard InChI is InChI=1S/C32H52O9/c1-16-5-10-32(39-14-16)17(2)25-23(41-32)12-21-19-6-9-31(37)13-18(40-28-27(36)26(35)22(33)15-38-28)11-24(34)30(31,4)20(19)7-8-29(21,25)3/h16-28,33-37H,5-15H2,1-4H3/t16-,17+,18+,19-,20+,21-,22+,23+,24-,25+,26+,27-,28+,29-,30-,31+,32-/m1/s1. The van der Waals surface area contributed by atoms with Crippen molar-refractivity contribution in [1.29, 1.82) is 0 Å². The van der Waals surface area contributed by atoms with Crippen molar-refractivity contribution < 1.29 is 44.5 Å². The number of aliphatic hydroxyl groups excluding tert-OH is 4. The van der Waals surface area contributed by atoms with Gasteiger partial charge in [0.1, 0.15) is 18.3 Å². The Balaban J connectivity index is 1.08. The molecule has 41 heavy (non-hydrogen) atoms. The highest BCUT2D eigenvalue weighted by molar-refractivity contribution is 5.19. The van der Waals surface area contributed by atoms with Gasteiger partial charge in [0, 0.05) is 30.6 Å². The van der Waals surface area contributed by atoms with E-state index in [2.05, 4.69) is 27.7 Å². The predicted octanol–water partition coefficient (Wildman–Crippen LogP) is 2.34. The van der Waals surface area contributed by atoms with Crippen molar-refractivity contribution in [3.05, 3.63) is 0 Å². The fourth-order valence-electron chi connectivity index (χ4n) is 11.5. The van der Waals surface area contributed by atoms with Crippen LogP contribution in [0.2, 0.25) is 0 Å². The summed E-state index contributed by atoms with van der Waals surface area (Å²) >= 11 is 0. The van der Waals surface area contributed by atoms with Crippen LogP contribution in [0.25, 0.3) is 0 Å². The normalized spacial score (nSPS) is 62.1. The first kappa shape index (κ1) is 29.4. The predicted molar refractivity (Wildman–Crippen MR) is 147 cm³/mol. The first-order chi connectivity index (χ1) is 19.3. The van der Waals surface area contributed by atoms with Crippen LogP contribution in [0.4, 0.5) is 0 Å². The molecule has 0 amide bonds. The van der Waals surface area contributed by atoms with Crippen molar-refractivity contribution in [3.63, 3.8) is 0 Å². The Morgan fingerprint density at radius 1 is 0.854 bits per heavy atom. The molecule has 0 aromatic rings. The van der Waals surface area contributed by atoms with Crippen LogP contribution >= 0.6 is 0 Å². The lowest BCUT2D eigenvalue weighted by Gasteiger charge is -2.65. The Hall–Kier alpha value is -0.360. The molecule has 1 spiro atoms. The molecule has 7 fully saturated rings. The lowest BCUT2D eigenvalue weighted by Crippen LogP contribution is -2.68. The van der Waals surface area contributed by atoms with E-state index in [1.54, 1.807) is 0 Å². The minimum absolute atomic E-state index is 0.138. The van der Waals surface area contributed by atoms with Gasteiger partial charge < -0.3 is 44.5 Å².